The normalized spacial score (nSPS) is 16.8. The number of pyridine rings is 1. The molecule has 25 heavy (non-hydrogen) atoms. The van der Waals surface area contributed by atoms with Crippen LogP contribution in [0, 0.1) is 0 Å². The predicted octanol–water partition coefficient (Wildman–Crippen LogP) is 5.00. The molecule has 3 aromatic rings. The second kappa shape index (κ2) is 6.89. The number of hydrazone groups is 1. The summed E-state index contributed by atoms with van der Waals surface area (Å²) in [5, 5.41) is 7.05. The average Bonchev–Trinajstić information content (AvgIpc) is 3.15. The van der Waals surface area contributed by atoms with Gasteiger partial charge in [-0.2, -0.15) is 5.10 Å². The molecule has 3 heteroatoms. The van der Waals surface area contributed by atoms with Crippen LogP contribution >= 0.6 is 0 Å². The van der Waals surface area contributed by atoms with Gasteiger partial charge in [0, 0.05) is 12.6 Å². The lowest BCUT2D eigenvalue weighted by Crippen LogP contribution is -2.19. The van der Waals surface area contributed by atoms with E-state index in [4.69, 9.17) is 10.1 Å². The monoisotopic (exact) mass is 327 g/mol. The summed E-state index contributed by atoms with van der Waals surface area (Å²) in [5.74, 6) is 0. The molecular weight excluding hydrogens is 306 g/mol. The van der Waals surface area contributed by atoms with Crippen molar-refractivity contribution in [1.82, 2.24) is 4.98 Å². The maximum absolute atomic E-state index is 4.94. The third kappa shape index (κ3) is 3.18. The maximum atomic E-state index is 4.94. The molecule has 3 nitrogen and oxygen atoms in total. The van der Waals surface area contributed by atoms with Gasteiger partial charge in [-0.15, -0.1) is 0 Å². The summed E-state index contributed by atoms with van der Waals surface area (Å²) in [6.45, 7) is 2.15. The van der Waals surface area contributed by atoms with Gasteiger partial charge in [-0.3, -0.25) is 9.99 Å². The zero-order valence-electron chi connectivity index (χ0n) is 14.3. The molecule has 0 N–H and O–H groups in total. The molecule has 1 atom stereocenters. The summed E-state index contributed by atoms with van der Waals surface area (Å²) in [7, 11) is 0. The number of hydrogen-bond acceptors (Lipinski definition) is 3. The van der Waals surface area contributed by atoms with Crippen molar-refractivity contribution >= 4 is 11.4 Å². The van der Waals surface area contributed by atoms with E-state index >= 15 is 0 Å². The molecule has 0 saturated carbocycles. The lowest BCUT2D eigenvalue weighted by molar-refractivity contribution is 0.685. The number of rotatable bonds is 4. The molecule has 1 aliphatic heterocycles. The topological polar surface area (TPSA) is 28.5 Å². The Labute approximate surface area is 148 Å². The van der Waals surface area contributed by atoms with Crippen molar-refractivity contribution in [3.05, 3.63) is 95.8 Å². The molecule has 1 unspecified atom stereocenters. The molecule has 1 aliphatic rings. The number of anilines is 1. The van der Waals surface area contributed by atoms with E-state index in [1.807, 2.05) is 18.3 Å². The first-order valence-electron chi connectivity index (χ1n) is 8.77. The fourth-order valence-corrected chi connectivity index (χ4v) is 3.21. The molecule has 0 amide bonds. The Balaban J connectivity index is 1.72. The Morgan fingerprint density at radius 3 is 2.28 bits per heavy atom. The molecule has 4 rings (SSSR count). The van der Waals surface area contributed by atoms with Gasteiger partial charge in [0.1, 0.15) is 6.04 Å². The number of hydrogen-bond donors (Lipinski definition) is 0. The molecule has 1 aromatic heterocycles. The number of benzene rings is 2. The van der Waals surface area contributed by atoms with E-state index in [-0.39, 0.29) is 6.04 Å². The smallest absolute Gasteiger partial charge is 0.100 e. The van der Waals surface area contributed by atoms with Crippen LogP contribution in [0.3, 0.4) is 0 Å². The van der Waals surface area contributed by atoms with E-state index in [1.165, 1.54) is 11.1 Å². The molecule has 0 saturated heterocycles. The molecule has 0 fully saturated rings. The van der Waals surface area contributed by atoms with Gasteiger partial charge < -0.3 is 0 Å². The summed E-state index contributed by atoms with van der Waals surface area (Å²) < 4.78 is 0. The number of aryl methyl sites for hydroxylation is 1. The summed E-state index contributed by atoms with van der Waals surface area (Å²) >= 11 is 0. The molecule has 0 aliphatic carbocycles. The zero-order chi connectivity index (χ0) is 17.1. The fraction of sp³-hybridized carbons (Fsp3) is 0.182. The van der Waals surface area contributed by atoms with E-state index in [2.05, 4.69) is 72.6 Å². The van der Waals surface area contributed by atoms with Gasteiger partial charge in [0.05, 0.1) is 17.1 Å². The lowest BCUT2D eigenvalue weighted by atomic mass is 10.0. The molecule has 0 spiro atoms. The Morgan fingerprint density at radius 2 is 1.64 bits per heavy atom. The van der Waals surface area contributed by atoms with Gasteiger partial charge in [0.15, 0.2) is 0 Å². The molecular formula is C22H21N3. The zero-order valence-corrected chi connectivity index (χ0v) is 14.3. The summed E-state index contributed by atoms with van der Waals surface area (Å²) in [5.41, 5.74) is 5.71. The van der Waals surface area contributed by atoms with E-state index in [0.29, 0.717) is 0 Å². The first kappa shape index (κ1) is 15.6. The fourth-order valence-electron chi connectivity index (χ4n) is 3.21. The van der Waals surface area contributed by atoms with Crippen LogP contribution < -0.4 is 5.01 Å². The quantitative estimate of drug-likeness (QED) is 0.674. The predicted molar refractivity (Wildman–Crippen MR) is 103 cm³/mol. The SMILES string of the molecule is CCc1ccc(C2CC(c3ccccc3)=NN2c2ccccc2)nc1. The van der Waals surface area contributed by atoms with Crippen LogP contribution in [0.15, 0.2) is 84.1 Å². The highest BCUT2D eigenvalue weighted by Crippen LogP contribution is 2.35. The van der Waals surface area contributed by atoms with Crippen molar-refractivity contribution in [2.45, 2.75) is 25.8 Å². The lowest BCUT2D eigenvalue weighted by Gasteiger charge is -2.23. The van der Waals surface area contributed by atoms with Crippen molar-refractivity contribution in [2.75, 3.05) is 5.01 Å². The van der Waals surface area contributed by atoms with Crippen LogP contribution in [0.1, 0.15) is 36.2 Å². The van der Waals surface area contributed by atoms with Gasteiger partial charge in [-0.05, 0) is 35.7 Å². The van der Waals surface area contributed by atoms with Gasteiger partial charge in [0.2, 0.25) is 0 Å². The van der Waals surface area contributed by atoms with E-state index in [0.717, 1.165) is 29.9 Å². The molecule has 2 heterocycles. The Hall–Kier alpha value is -2.94. The van der Waals surface area contributed by atoms with Crippen LogP contribution in [-0.4, -0.2) is 10.7 Å². The van der Waals surface area contributed by atoms with Crippen LogP contribution in [-0.2, 0) is 6.42 Å². The highest BCUT2D eigenvalue weighted by atomic mass is 15.5. The first-order valence-corrected chi connectivity index (χ1v) is 8.77. The molecule has 2 aromatic carbocycles. The first-order chi connectivity index (χ1) is 12.3. The van der Waals surface area contributed by atoms with Crippen LogP contribution in [0.5, 0.6) is 0 Å². The Kier molecular flexibility index (Phi) is 4.30. The summed E-state index contributed by atoms with van der Waals surface area (Å²) in [6.07, 6.45) is 3.85. The minimum absolute atomic E-state index is 0.128. The second-order valence-corrected chi connectivity index (χ2v) is 6.26. The third-order valence-corrected chi connectivity index (χ3v) is 4.64. The van der Waals surface area contributed by atoms with Crippen molar-refractivity contribution in [2.24, 2.45) is 5.10 Å². The minimum atomic E-state index is 0.128. The minimum Gasteiger partial charge on any atom is -0.259 e. The molecule has 0 bridgehead atoms. The van der Waals surface area contributed by atoms with Crippen molar-refractivity contribution in [3.63, 3.8) is 0 Å². The third-order valence-electron chi connectivity index (χ3n) is 4.64. The Bertz CT molecular complexity index is 855. The maximum Gasteiger partial charge on any atom is 0.100 e. The Morgan fingerprint density at radius 1 is 0.920 bits per heavy atom. The van der Waals surface area contributed by atoms with Gasteiger partial charge in [0.25, 0.3) is 0 Å². The molecule has 0 radical (unpaired) electrons. The van der Waals surface area contributed by atoms with Gasteiger partial charge in [-0.25, -0.2) is 0 Å². The van der Waals surface area contributed by atoms with Crippen molar-refractivity contribution in [1.29, 1.82) is 0 Å². The standard InChI is InChI=1S/C22H21N3/c1-2-17-13-14-20(23-16-17)22-15-21(18-9-5-3-6-10-18)24-25(22)19-11-7-4-8-12-19/h3-14,16,22H,2,15H2,1H3. The van der Waals surface area contributed by atoms with Crippen molar-refractivity contribution < 1.29 is 0 Å². The van der Waals surface area contributed by atoms with E-state index in [1.54, 1.807) is 0 Å². The largest absolute Gasteiger partial charge is 0.259 e. The summed E-state index contributed by atoms with van der Waals surface area (Å²) in [6, 6.07) is 25.2. The molecule has 124 valence electrons. The van der Waals surface area contributed by atoms with Crippen LogP contribution in [0.25, 0.3) is 0 Å². The van der Waals surface area contributed by atoms with Crippen LogP contribution in [0.4, 0.5) is 5.69 Å². The number of nitrogens with zero attached hydrogens (tertiary/aromatic N) is 3. The van der Waals surface area contributed by atoms with Gasteiger partial charge in [-0.1, -0.05) is 61.5 Å². The highest BCUT2D eigenvalue weighted by molar-refractivity contribution is 6.03. The second-order valence-electron chi connectivity index (χ2n) is 6.26. The van der Waals surface area contributed by atoms with Crippen LogP contribution in [0.2, 0.25) is 0 Å². The average molecular weight is 327 g/mol. The van der Waals surface area contributed by atoms with E-state index in [9.17, 15) is 0 Å². The highest BCUT2D eigenvalue weighted by Gasteiger charge is 2.30. The number of para-hydroxylation sites is 1. The number of aromatic nitrogens is 1. The van der Waals surface area contributed by atoms with Gasteiger partial charge >= 0.3 is 0 Å². The van der Waals surface area contributed by atoms with Crippen molar-refractivity contribution in [3.8, 4) is 0 Å². The van der Waals surface area contributed by atoms with E-state index < -0.39 is 0 Å². The summed E-state index contributed by atoms with van der Waals surface area (Å²) in [4.78, 5) is 4.72.